The average molecular weight is 403 g/mol. The number of rotatable bonds is 6. The van der Waals surface area contributed by atoms with Crippen LogP contribution in [0.5, 0.6) is 5.75 Å². The van der Waals surface area contributed by atoms with Crippen molar-refractivity contribution in [2.75, 3.05) is 38.0 Å². The Labute approximate surface area is 170 Å². The minimum Gasteiger partial charge on any atom is -0.481 e. The van der Waals surface area contributed by atoms with Crippen molar-refractivity contribution in [2.45, 2.75) is 13.0 Å². The van der Waals surface area contributed by atoms with Crippen LogP contribution < -0.4 is 15.0 Å². The lowest BCUT2D eigenvalue weighted by atomic mass is 10.2. The van der Waals surface area contributed by atoms with Gasteiger partial charge < -0.3 is 19.9 Å². The monoisotopic (exact) mass is 402 g/mol. The Morgan fingerprint density at radius 2 is 1.75 bits per heavy atom. The third kappa shape index (κ3) is 5.47. The first kappa shape index (κ1) is 20.2. The van der Waals surface area contributed by atoms with Crippen LogP contribution in [0, 0.1) is 0 Å². The van der Waals surface area contributed by atoms with Gasteiger partial charge in [0.2, 0.25) is 0 Å². The zero-order chi connectivity index (χ0) is 19.9. The quantitative estimate of drug-likeness (QED) is 0.769. The fraction of sp³-hybridized carbons (Fsp3) is 0.333. The van der Waals surface area contributed by atoms with Crippen molar-refractivity contribution in [3.05, 3.63) is 59.6 Å². The van der Waals surface area contributed by atoms with Crippen LogP contribution in [0.4, 0.5) is 5.69 Å². The number of halogens is 1. The van der Waals surface area contributed by atoms with Crippen molar-refractivity contribution >= 4 is 29.1 Å². The number of ether oxygens (including phenoxy) is 1. The van der Waals surface area contributed by atoms with Gasteiger partial charge >= 0.3 is 0 Å². The van der Waals surface area contributed by atoms with Gasteiger partial charge in [0.05, 0.1) is 36.9 Å². The van der Waals surface area contributed by atoms with Gasteiger partial charge in [-0.2, -0.15) is 0 Å². The number of amides is 2. The third-order valence-electron chi connectivity index (χ3n) is 4.74. The van der Waals surface area contributed by atoms with Crippen molar-refractivity contribution < 1.29 is 19.2 Å². The molecule has 0 bridgehead atoms. The van der Waals surface area contributed by atoms with Gasteiger partial charge in [0, 0.05) is 0 Å². The molecular weight excluding hydrogens is 378 g/mol. The largest absolute Gasteiger partial charge is 0.481 e. The molecule has 28 heavy (non-hydrogen) atoms. The van der Waals surface area contributed by atoms with E-state index in [1.807, 2.05) is 47.4 Å². The summed E-state index contributed by atoms with van der Waals surface area (Å²) in [5.74, 6) is 0.580. The molecule has 2 aromatic carbocycles. The minimum absolute atomic E-state index is 0.0246. The molecule has 1 atom stereocenters. The van der Waals surface area contributed by atoms with Gasteiger partial charge in [0.1, 0.15) is 5.75 Å². The van der Waals surface area contributed by atoms with Crippen LogP contribution in [0.2, 0.25) is 5.02 Å². The molecule has 1 fully saturated rings. The molecule has 7 heteroatoms. The van der Waals surface area contributed by atoms with Crippen molar-refractivity contribution in [3.63, 3.8) is 0 Å². The number of carbonyl (C=O) groups excluding carboxylic acids is 2. The summed E-state index contributed by atoms with van der Waals surface area (Å²) in [5.41, 5.74) is 0.620. The first-order valence-electron chi connectivity index (χ1n) is 9.41. The Hall–Kier alpha value is -2.57. The van der Waals surface area contributed by atoms with E-state index in [4.69, 9.17) is 16.3 Å². The van der Waals surface area contributed by atoms with Crippen LogP contribution in [0.15, 0.2) is 54.6 Å². The lowest BCUT2D eigenvalue weighted by molar-refractivity contribution is -0.895. The third-order valence-corrected chi connectivity index (χ3v) is 5.07. The number of nitrogens with zero attached hydrogens (tertiary/aromatic N) is 1. The van der Waals surface area contributed by atoms with E-state index in [1.54, 1.807) is 19.1 Å². The van der Waals surface area contributed by atoms with Gasteiger partial charge in [-0.05, 0) is 31.2 Å². The summed E-state index contributed by atoms with van der Waals surface area (Å²) in [6.45, 7) is 4.78. The summed E-state index contributed by atoms with van der Waals surface area (Å²) < 4.78 is 5.72. The Bertz CT molecular complexity index is 808. The molecule has 1 aliphatic heterocycles. The molecule has 0 aliphatic carbocycles. The molecule has 148 valence electrons. The Kier molecular flexibility index (Phi) is 6.90. The molecular formula is C21H25ClN3O3+. The van der Waals surface area contributed by atoms with Crippen LogP contribution in [-0.2, 0) is 9.59 Å². The maximum atomic E-state index is 12.6. The van der Waals surface area contributed by atoms with Crippen molar-refractivity contribution in [1.82, 2.24) is 4.90 Å². The highest BCUT2D eigenvalue weighted by Gasteiger charge is 2.28. The summed E-state index contributed by atoms with van der Waals surface area (Å²) in [5, 5.41) is 3.37. The lowest BCUT2D eigenvalue weighted by Gasteiger charge is -2.33. The van der Waals surface area contributed by atoms with Gasteiger partial charge in [-0.25, -0.2) is 0 Å². The maximum absolute atomic E-state index is 12.6. The number of carbonyl (C=O) groups is 2. The topological polar surface area (TPSA) is 63.1 Å². The SMILES string of the molecule is C[C@@H](Oc1ccccc1)C(=O)N1CC[NH+](CC(=O)Nc2ccccc2Cl)CC1. The van der Waals surface area contributed by atoms with E-state index in [-0.39, 0.29) is 11.8 Å². The second-order valence-electron chi connectivity index (χ2n) is 6.85. The highest BCUT2D eigenvalue weighted by atomic mass is 35.5. The van der Waals surface area contributed by atoms with E-state index in [1.165, 1.54) is 0 Å². The number of hydrogen-bond acceptors (Lipinski definition) is 3. The molecule has 0 aromatic heterocycles. The molecule has 6 nitrogen and oxygen atoms in total. The van der Waals surface area contributed by atoms with Gasteiger partial charge in [-0.1, -0.05) is 41.9 Å². The second-order valence-corrected chi connectivity index (χ2v) is 7.26. The molecule has 2 N–H and O–H groups in total. The van der Waals surface area contributed by atoms with E-state index >= 15 is 0 Å². The van der Waals surface area contributed by atoms with Gasteiger partial charge in [-0.15, -0.1) is 0 Å². The summed E-state index contributed by atoms with van der Waals surface area (Å²) in [7, 11) is 0. The molecule has 1 aliphatic rings. The predicted molar refractivity (Wildman–Crippen MR) is 109 cm³/mol. The van der Waals surface area contributed by atoms with Gasteiger partial charge in [-0.3, -0.25) is 9.59 Å². The summed E-state index contributed by atoms with van der Waals surface area (Å²) in [4.78, 5) is 27.8. The van der Waals surface area contributed by atoms with E-state index < -0.39 is 6.10 Å². The standard InChI is InChI=1S/C21H24ClN3O3/c1-16(28-17-7-3-2-4-8-17)21(27)25-13-11-24(12-14-25)15-20(26)23-19-10-6-5-9-18(19)22/h2-10,16H,11-15H2,1H3,(H,23,26)/p+1/t16-/m1/s1. The minimum atomic E-state index is -0.535. The molecule has 2 aromatic rings. The highest BCUT2D eigenvalue weighted by molar-refractivity contribution is 6.33. The molecule has 3 rings (SSSR count). The van der Waals surface area contributed by atoms with E-state index in [0.717, 1.165) is 18.0 Å². The Morgan fingerprint density at radius 3 is 2.43 bits per heavy atom. The van der Waals surface area contributed by atoms with Gasteiger partial charge in [0.25, 0.3) is 11.8 Å². The van der Waals surface area contributed by atoms with E-state index in [0.29, 0.717) is 36.1 Å². The Balaban J connectivity index is 1.44. The number of nitrogens with one attached hydrogen (secondary N) is 2. The molecule has 0 spiro atoms. The van der Waals surface area contributed by atoms with Crippen molar-refractivity contribution in [1.29, 1.82) is 0 Å². The first-order valence-corrected chi connectivity index (χ1v) is 9.79. The number of piperazine rings is 1. The summed E-state index contributed by atoms with van der Waals surface area (Å²) in [6, 6.07) is 16.5. The molecule has 0 radical (unpaired) electrons. The van der Waals surface area contributed by atoms with Crippen LogP contribution in [-0.4, -0.2) is 55.5 Å². The molecule has 1 saturated heterocycles. The van der Waals surface area contributed by atoms with Crippen LogP contribution in [0.3, 0.4) is 0 Å². The lowest BCUT2D eigenvalue weighted by Crippen LogP contribution is -3.15. The fourth-order valence-electron chi connectivity index (χ4n) is 3.21. The van der Waals surface area contributed by atoms with Crippen LogP contribution in [0.25, 0.3) is 0 Å². The zero-order valence-electron chi connectivity index (χ0n) is 15.9. The van der Waals surface area contributed by atoms with Crippen molar-refractivity contribution in [2.24, 2.45) is 0 Å². The number of anilines is 1. The predicted octanol–water partition coefficient (Wildman–Crippen LogP) is 1.47. The first-order chi connectivity index (χ1) is 13.5. The Morgan fingerprint density at radius 1 is 1.11 bits per heavy atom. The van der Waals surface area contributed by atoms with Crippen LogP contribution >= 0.6 is 11.6 Å². The summed E-state index contributed by atoms with van der Waals surface area (Å²) in [6.07, 6.45) is -0.535. The fourth-order valence-corrected chi connectivity index (χ4v) is 3.40. The maximum Gasteiger partial charge on any atom is 0.279 e. The zero-order valence-corrected chi connectivity index (χ0v) is 16.6. The smallest absolute Gasteiger partial charge is 0.279 e. The summed E-state index contributed by atoms with van der Waals surface area (Å²) >= 11 is 6.08. The number of para-hydroxylation sites is 2. The van der Waals surface area contributed by atoms with E-state index in [2.05, 4.69) is 5.32 Å². The molecule has 1 heterocycles. The van der Waals surface area contributed by atoms with E-state index in [9.17, 15) is 9.59 Å². The normalized spacial score (nSPS) is 15.7. The number of benzene rings is 2. The second kappa shape index (κ2) is 9.57. The molecule has 0 unspecified atom stereocenters. The molecule has 0 saturated carbocycles. The number of hydrogen-bond donors (Lipinski definition) is 2. The molecule has 2 amide bonds. The average Bonchev–Trinajstić information content (AvgIpc) is 2.70. The highest BCUT2D eigenvalue weighted by Crippen LogP contribution is 2.20. The van der Waals surface area contributed by atoms with Gasteiger partial charge in [0.15, 0.2) is 12.6 Å². The number of quaternary nitrogens is 1. The van der Waals surface area contributed by atoms with Crippen molar-refractivity contribution in [3.8, 4) is 5.75 Å². The van der Waals surface area contributed by atoms with Crippen LogP contribution in [0.1, 0.15) is 6.92 Å².